The number of nitro benzene ring substituents is 1. The molecule has 1 unspecified atom stereocenters. The van der Waals surface area contributed by atoms with Gasteiger partial charge in [0.05, 0.1) is 24.7 Å². The van der Waals surface area contributed by atoms with E-state index in [4.69, 9.17) is 9.47 Å². The first-order valence-corrected chi connectivity index (χ1v) is 8.10. The molecule has 0 radical (unpaired) electrons. The predicted octanol–water partition coefficient (Wildman–Crippen LogP) is 3.56. The van der Waals surface area contributed by atoms with E-state index in [9.17, 15) is 14.9 Å². The van der Waals surface area contributed by atoms with E-state index in [-0.39, 0.29) is 23.0 Å². The Balaban J connectivity index is 3.07. The van der Waals surface area contributed by atoms with E-state index in [1.165, 1.54) is 19.2 Å². The van der Waals surface area contributed by atoms with Gasteiger partial charge in [-0.3, -0.25) is 14.9 Å². The Kier molecular flexibility index (Phi) is 7.48. The lowest BCUT2D eigenvalue weighted by Gasteiger charge is -2.16. The van der Waals surface area contributed by atoms with Crippen LogP contribution < -0.4 is 14.8 Å². The summed E-state index contributed by atoms with van der Waals surface area (Å²) in [6.45, 7) is 8.21. The second-order valence-corrected chi connectivity index (χ2v) is 6.06. The van der Waals surface area contributed by atoms with E-state index < -0.39 is 10.8 Å². The number of hydrogen-bond donors (Lipinski definition) is 1. The molecule has 1 aromatic carbocycles. The summed E-state index contributed by atoms with van der Waals surface area (Å²) in [5.74, 6) is 0.585. The van der Waals surface area contributed by atoms with Crippen molar-refractivity contribution < 1.29 is 19.2 Å². The van der Waals surface area contributed by atoms with Gasteiger partial charge in [-0.15, -0.1) is 0 Å². The van der Waals surface area contributed by atoms with Crippen LogP contribution in [-0.4, -0.2) is 30.6 Å². The Morgan fingerprint density at radius 3 is 2.42 bits per heavy atom. The van der Waals surface area contributed by atoms with Crippen LogP contribution in [-0.2, 0) is 0 Å². The van der Waals surface area contributed by atoms with Crippen LogP contribution in [0.2, 0.25) is 0 Å². The van der Waals surface area contributed by atoms with Gasteiger partial charge in [-0.25, -0.2) is 0 Å². The largest absolute Gasteiger partial charge is 0.493 e. The molecule has 0 fully saturated rings. The average Bonchev–Trinajstić information content (AvgIpc) is 2.52. The zero-order valence-electron chi connectivity index (χ0n) is 14.9. The molecule has 1 N–H and O–H groups in total. The predicted molar refractivity (Wildman–Crippen MR) is 91.8 cm³/mol. The van der Waals surface area contributed by atoms with Crippen molar-refractivity contribution in [1.82, 2.24) is 5.32 Å². The Bertz CT molecular complexity index is 587. The number of carbonyl (C=O) groups excluding carboxylic acids is 1. The second-order valence-electron chi connectivity index (χ2n) is 6.06. The summed E-state index contributed by atoms with van der Waals surface area (Å²) in [5.41, 5.74) is -0.329. The highest BCUT2D eigenvalue weighted by molar-refractivity contribution is 5.99. The van der Waals surface area contributed by atoms with Gasteiger partial charge in [0.25, 0.3) is 11.6 Å². The third-order valence-corrected chi connectivity index (χ3v) is 3.58. The van der Waals surface area contributed by atoms with E-state index in [1.807, 2.05) is 6.92 Å². The first-order chi connectivity index (χ1) is 11.3. The zero-order chi connectivity index (χ0) is 18.3. The van der Waals surface area contributed by atoms with Crippen molar-refractivity contribution in [2.75, 3.05) is 13.7 Å². The van der Waals surface area contributed by atoms with E-state index in [1.54, 1.807) is 6.92 Å². The minimum Gasteiger partial charge on any atom is -0.493 e. The fourth-order valence-electron chi connectivity index (χ4n) is 2.27. The van der Waals surface area contributed by atoms with Gasteiger partial charge in [0.2, 0.25) is 0 Å². The molecular formula is C17H26N2O5. The third kappa shape index (κ3) is 5.40. The molecule has 134 valence electrons. The third-order valence-electron chi connectivity index (χ3n) is 3.58. The van der Waals surface area contributed by atoms with Gasteiger partial charge in [0.15, 0.2) is 11.5 Å². The molecular weight excluding hydrogens is 312 g/mol. The Morgan fingerprint density at radius 2 is 1.92 bits per heavy atom. The molecule has 0 aliphatic carbocycles. The highest BCUT2D eigenvalue weighted by atomic mass is 16.6. The van der Waals surface area contributed by atoms with Crippen molar-refractivity contribution in [3.8, 4) is 11.5 Å². The molecule has 24 heavy (non-hydrogen) atoms. The van der Waals surface area contributed by atoms with Gasteiger partial charge in [-0.05, 0) is 32.6 Å². The normalized spacial score (nSPS) is 11.9. The number of hydrogen-bond acceptors (Lipinski definition) is 5. The van der Waals surface area contributed by atoms with Crippen molar-refractivity contribution in [1.29, 1.82) is 0 Å². The molecule has 0 aromatic heterocycles. The maximum absolute atomic E-state index is 12.5. The molecule has 1 atom stereocenters. The molecule has 0 saturated heterocycles. The monoisotopic (exact) mass is 338 g/mol. The fraction of sp³-hybridized carbons (Fsp3) is 0.588. The molecule has 0 saturated carbocycles. The standard InChI is InChI=1S/C17H26N2O5/c1-6-24-16-10-14(19(21)22)13(9-15(16)23-5)17(20)18-12(4)8-7-11(2)3/h9-12H,6-8H2,1-5H3,(H,18,20). The summed E-state index contributed by atoms with van der Waals surface area (Å²) < 4.78 is 10.5. The maximum atomic E-state index is 12.5. The molecule has 7 nitrogen and oxygen atoms in total. The average molecular weight is 338 g/mol. The van der Waals surface area contributed by atoms with Gasteiger partial charge < -0.3 is 14.8 Å². The number of amides is 1. The SMILES string of the molecule is CCOc1cc([N+](=O)[O-])c(C(=O)NC(C)CCC(C)C)cc1OC. The number of nitro groups is 1. The Hall–Kier alpha value is -2.31. The van der Waals surface area contributed by atoms with Crippen LogP contribution in [0.4, 0.5) is 5.69 Å². The van der Waals surface area contributed by atoms with Gasteiger partial charge in [-0.2, -0.15) is 0 Å². The first-order valence-electron chi connectivity index (χ1n) is 8.10. The second kappa shape index (κ2) is 9.10. The molecule has 1 amide bonds. The van der Waals surface area contributed by atoms with Crippen LogP contribution in [0, 0.1) is 16.0 Å². The highest BCUT2D eigenvalue weighted by Crippen LogP contribution is 2.34. The summed E-state index contributed by atoms with van der Waals surface area (Å²) in [7, 11) is 1.43. The number of rotatable bonds is 9. The molecule has 1 rings (SSSR count). The van der Waals surface area contributed by atoms with Crippen molar-refractivity contribution in [3.05, 3.63) is 27.8 Å². The van der Waals surface area contributed by atoms with Crippen LogP contribution in [0.15, 0.2) is 12.1 Å². The van der Waals surface area contributed by atoms with E-state index in [0.29, 0.717) is 18.3 Å². The van der Waals surface area contributed by atoms with Crippen LogP contribution in [0.1, 0.15) is 50.9 Å². The molecule has 0 spiro atoms. The molecule has 7 heteroatoms. The summed E-state index contributed by atoms with van der Waals surface area (Å²) >= 11 is 0. The van der Waals surface area contributed by atoms with Crippen molar-refractivity contribution in [2.45, 2.75) is 46.6 Å². The van der Waals surface area contributed by atoms with Crippen molar-refractivity contribution in [2.24, 2.45) is 5.92 Å². The van der Waals surface area contributed by atoms with E-state index in [2.05, 4.69) is 19.2 Å². The van der Waals surface area contributed by atoms with E-state index >= 15 is 0 Å². The van der Waals surface area contributed by atoms with Crippen molar-refractivity contribution in [3.63, 3.8) is 0 Å². The molecule has 1 aromatic rings. The maximum Gasteiger partial charge on any atom is 0.286 e. The minimum atomic E-state index is -0.588. The Labute approximate surface area is 142 Å². The summed E-state index contributed by atoms with van der Waals surface area (Å²) in [6, 6.07) is 2.51. The molecule has 0 bridgehead atoms. The lowest BCUT2D eigenvalue weighted by molar-refractivity contribution is -0.385. The number of nitrogens with zero attached hydrogens (tertiary/aromatic N) is 1. The highest BCUT2D eigenvalue weighted by Gasteiger charge is 2.25. The minimum absolute atomic E-state index is 0.0308. The van der Waals surface area contributed by atoms with Crippen LogP contribution in [0.25, 0.3) is 0 Å². The van der Waals surface area contributed by atoms with E-state index in [0.717, 1.165) is 12.8 Å². The van der Waals surface area contributed by atoms with Gasteiger partial charge in [0.1, 0.15) is 5.56 Å². The lowest BCUT2D eigenvalue weighted by Crippen LogP contribution is -2.33. The fourth-order valence-corrected chi connectivity index (χ4v) is 2.27. The van der Waals surface area contributed by atoms with Crippen LogP contribution >= 0.6 is 0 Å². The molecule has 0 heterocycles. The number of nitrogens with one attached hydrogen (secondary N) is 1. The first kappa shape index (κ1) is 19.7. The number of methoxy groups -OCH3 is 1. The lowest BCUT2D eigenvalue weighted by atomic mass is 10.0. The summed E-state index contributed by atoms with van der Waals surface area (Å²) in [5, 5.41) is 14.1. The van der Waals surface area contributed by atoms with Crippen molar-refractivity contribution >= 4 is 11.6 Å². The number of carbonyl (C=O) groups is 1. The van der Waals surface area contributed by atoms with Gasteiger partial charge in [-0.1, -0.05) is 13.8 Å². The van der Waals surface area contributed by atoms with Gasteiger partial charge in [0, 0.05) is 12.1 Å². The quantitative estimate of drug-likeness (QED) is 0.549. The smallest absolute Gasteiger partial charge is 0.286 e. The number of ether oxygens (including phenoxy) is 2. The Morgan fingerprint density at radius 1 is 1.25 bits per heavy atom. The topological polar surface area (TPSA) is 90.7 Å². The van der Waals surface area contributed by atoms with Crippen LogP contribution in [0.5, 0.6) is 11.5 Å². The molecule has 0 aliphatic rings. The summed E-state index contributed by atoms with van der Waals surface area (Å²) in [6.07, 6.45) is 1.78. The van der Waals surface area contributed by atoms with Crippen LogP contribution in [0.3, 0.4) is 0 Å². The number of benzene rings is 1. The van der Waals surface area contributed by atoms with Gasteiger partial charge >= 0.3 is 0 Å². The zero-order valence-corrected chi connectivity index (χ0v) is 14.9. The summed E-state index contributed by atoms with van der Waals surface area (Å²) in [4.78, 5) is 23.2. The molecule has 0 aliphatic heterocycles.